The molecule has 4 nitrogen and oxygen atoms in total. The molecule has 0 fully saturated rings. The van der Waals surface area contributed by atoms with Gasteiger partial charge in [0.1, 0.15) is 5.92 Å². The first kappa shape index (κ1) is 7.78. The molecule has 1 radical (unpaired) electrons. The number of aromatic nitrogens is 1. The zero-order chi connectivity index (χ0) is 8.43. The molecular weight excluding hydrogens is 144 g/mol. The molecule has 59 valence electrons. The minimum Gasteiger partial charge on any atom is -0.369 e. The lowest BCUT2D eigenvalue weighted by Gasteiger charge is -1.97. The Morgan fingerprint density at radius 3 is 2.73 bits per heavy atom. The molecule has 0 saturated carbocycles. The molecule has 0 aromatic carbocycles. The zero-order valence-corrected chi connectivity index (χ0v) is 6.42. The van der Waals surface area contributed by atoms with Crippen LogP contribution in [0.3, 0.4) is 0 Å². The highest BCUT2D eigenvalue weighted by molar-refractivity contribution is 5.91. The van der Waals surface area contributed by atoms with Crippen molar-refractivity contribution < 1.29 is 9.32 Å². The van der Waals surface area contributed by atoms with Crippen LogP contribution >= 0.6 is 0 Å². The molecule has 1 aromatic rings. The van der Waals surface area contributed by atoms with Gasteiger partial charge in [-0.15, -0.1) is 0 Å². The third-order valence-corrected chi connectivity index (χ3v) is 1.37. The van der Waals surface area contributed by atoms with E-state index in [0.29, 0.717) is 11.7 Å². The van der Waals surface area contributed by atoms with Gasteiger partial charge in [0.2, 0.25) is 5.91 Å². The largest absolute Gasteiger partial charge is 0.369 e. The van der Waals surface area contributed by atoms with E-state index in [1.54, 1.807) is 19.9 Å². The van der Waals surface area contributed by atoms with Crippen molar-refractivity contribution in [2.75, 3.05) is 0 Å². The summed E-state index contributed by atoms with van der Waals surface area (Å²) < 4.78 is 4.80. The number of carbonyl (C=O) groups is 1. The van der Waals surface area contributed by atoms with Crippen LogP contribution in [0.1, 0.15) is 18.4 Å². The van der Waals surface area contributed by atoms with Gasteiger partial charge in [-0.2, -0.15) is 0 Å². The SMILES string of the molecule is C[C](C(N)=O)c1cc(C)no1. The highest BCUT2D eigenvalue weighted by Crippen LogP contribution is 2.13. The Morgan fingerprint density at radius 2 is 2.36 bits per heavy atom. The minimum atomic E-state index is -0.485. The third-order valence-electron chi connectivity index (χ3n) is 1.37. The maximum absolute atomic E-state index is 10.6. The van der Waals surface area contributed by atoms with E-state index in [9.17, 15) is 4.79 Å². The summed E-state index contributed by atoms with van der Waals surface area (Å²) in [4.78, 5) is 10.6. The Bertz CT molecular complexity index is 267. The van der Waals surface area contributed by atoms with Crippen LogP contribution in [-0.2, 0) is 4.79 Å². The second-order valence-corrected chi connectivity index (χ2v) is 2.32. The predicted octanol–water partition coefficient (Wildman–Crippen LogP) is 0.411. The summed E-state index contributed by atoms with van der Waals surface area (Å²) in [7, 11) is 0. The topological polar surface area (TPSA) is 69.1 Å². The van der Waals surface area contributed by atoms with Crippen LogP contribution in [0.2, 0.25) is 0 Å². The number of carbonyl (C=O) groups excluding carboxylic acids is 1. The van der Waals surface area contributed by atoms with E-state index >= 15 is 0 Å². The van der Waals surface area contributed by atoms with Crippen molar-refractivity contribution >= 4 is 5.91 Å². The normalized spacial score (nSPS) is 10.5. The quantitative estimate of drug-likeness (QED) is 0.669. The highest BCUT2D eigenvalue weighted by Gasteiger charge is 2.16. The third kappa shape index (κ3) is 1.58. The van der Waals surface area contributed by atoms with Crippen LogP contribution in [0, 0.1) is 12.8 Å². The van der Waals surface area contributed by atoms with Crippen LogP contribution in [0.25, 0.3) is 0 Å². The van der Waals surface area contributed by atoms with Gasteiger partial charge in [-0.3, -0.25) is 4.79 Å². The summed E-state index contributed by atoms with van der Waals surface area (Å²) in [5.74, 6) is 0.349. The van der Waals surface area contributed by atoms with Crippen molar-refractivity contribution in [3.8, 4) is 0 Å². The molecule has 0 aliphatic carbocycles. The van der Waals surface area contributed by atoms with E-state index < -0.39 is 5.91 Å². The number of hydrogen-bond donors (Lipinski definition) is 1. The smallest absolute Gasteiger partial charge is 0.232 e. The van der Waals surface area contributed by atoms with Gasteiger partial charge in [0.15, 0.2) is 5.76 Å². The summed E-state index contributed by atoms with van der Waals surface area (Å²) in [6, 6.07) is 1.67. The summed E-state index contributed by atoms with van der Waals surface area (Å²) >= 11 is 0. The first-order valence-corrected chi connectivity index (χ1v) is 3.18. The van der Waals surface area contributed by atoms with Crippen LogP contribution in [0.5, 0.6) is 0 Å². The Morgan fingerprint density at radius 1 is 1.73 bits per heavy atom. The number of nitrogens with zero attached hydrogens (tertiary/aromatic N) is 1. The standard InChI is InChI=1S/C7H9N2O2/c1-4-3-6(11-9-4)5(2)7(8)10/h3H,1-2H3,(H2,8,10). The van der Waals surface area contributed by atoms with Crippen molar-refractivity contribution in [3.05, 3.63) is 23.4 Å². The van der Waals surface area contributed by atoms with E-state index in [1.165, 1.54) is 0 Å². The fourth-order valence-electron chi connectivity index (χ4n) is 0.662. The number of nitrogens with two attached hydrogens (primary N) is 1. The van der Waals surface area contributed by atoms with Crippen molar-refractivity contribution in [2.45, 2.75) is 13.8 Å². The summed E-state index contributed by atoms with van der Waals surface area (Å²) in [6.07, 6.45) is 0. The summed E-state index contributed by atoms with van der Waals surface area (Å²) in [6.45, 7) is 3.38. The molecule has 0 bridgehead atoms. The van der Waals surface area contributed by atoms with Gasteiger partial charge in [0.05, 0.1) is 5.69 Å². The van der Waals surface area contributed by atoms with E-state index in [4.69, 9.17) is 10.3 Å². The van der Waals surface area contributed by atoms with Crippen LogP contribution < -0.4 is 5.73 Å². The van der Waals surface area contributed by atoms with Gasteiger partial charge in [-0.05, 0) is 13.8 Å². The molecular formula is C7H9N2O2. The Hall–Kier alpha value is -1.32. The molecule has 1 amide bonds. The van der Waals surface area contributed by atoms with Gasteiger partial charge < -0.3 is 10.3 Å². The maximum atomic E-state index is 10.6. The molecule has 2 N–H and O–H groups in total. The van der Waals surface area contributed by atoms with E-state index in [0.717, 1.165) is 5.69 Å². The molecule has 1 heterocycles. The molecule has 4 heteroatoms. The van der Waals surface area contributed by atoms with Gasteiger partial charge in [0.25, 0.3) is 0 Å². The monoisotopic (exact) mass is 153 g/mol. The molecule has 0 unspecified atom stereocenters. The number of amides is 1. The average Bonchev–Trinajstić information content (AvgIpc) is 2.34. The predicted molar refractivity (Wildman–Crippen MR) is 38.5 cm³/mol. The van der Waals surface area contributed by atoms with E-state index in [1.807, 2.05) is 0 Å². The number of rotatable bonds is 2. The first-order chi connectivity index (χ1) is 5.11. The van der Waals surface area contributed by atoms with Crippen molar-refractivity contribution in [2.24, 2.45) is 5.73 Å². The van der Waals surface area contributed by atoms with Crippen molar-refractivity contribution in [3.63, 3.8) is 0 Å². The average molecular weight is 153 g/mol. The fourth-order valence-corrected chi connectivity index (χ4v) is 0.662. The Labute approximate surface area is 64.4 Å². The van der Waals surface area contributed by atoms with Gasteiger partial charge in [-0.1, -0.05) is 5.16 Å². The lowest BCUT2D eigenvalue weighted by molar-refractivity contribution is -0.116. The lowest BCUT2D eigenvalue weighted by Crippen LogP contribution is -2.18. The first-order valence-electron chi connectivity index (χ1n) is 3.18. The molecule has 0 aliphatic heterocycles. The van der Waals surface area contributed by atoms with Gasteiger partial charge >= 0.3 is 0 Å². The lowest BCUT2D eigenvalue weighted by atomic mass is 10.1. The fraction of sp³-hybridized carbons (Fsp3) is 0.286. The number of aryl methyl sites for hydroxylation is 1. The van der Waals surface area contributed by atoms with Crippen LogP contribution in [0.4, 0.5) is 0 Å². The molecule has 11 heavy (non-hydrogen) atoms. The highest BCUT2D eigenvalue weighted by atomic mass is 16.5. The second kappa shape index (κ2) is 2.74. The number of hydrogen-bond acceptors (Lipinski definition) is 3. The second-order valence-electron chi connectivity index (χ2n) is 2.32. The number of primary amides is 1. The van der Waals surface area contributed by atoms with Gasteiger partial charge in [-0.25, -0.2) is 0 Å². The molecule has 0 saturated heterocycles. The van der Waals surface area contributed by atoms with Crippen molar-refractivity contribution in [1.82, 2.24) is 5.16 Å². The Balaban J connectivity index is 2.84. The molecule has 0 aliphatic rings. The molecule has 0 spiro atoms. The molecule has 0 atom stereocenters. The minimum absolute atomic E-state index is 0.394. The zero-order valence-electron chi connectivity index (χ0n) is 6.42. The molecule has 1 aromatic heterocycles. The van der Waals surface area contributed by atoms with Crippen molar-refractivity contribution in [1.29, 1.82) is 0 Å². The summed E-state index contributed by atoms with van der Waals surface area (Å²) in [5.41, 5.74) is 5.75. The summed E-state index contributed by atoms with van der Waals surface area (Å²) in [5, 5.41) is 3.62. The molecule has 1 rings (SSSR count). The van der Waals surface area contributed by atoms with E-state index in [-0.39, 0.29) is 0 Å². The van der Waals surface area contributed by atoms with E-state index in [2.05, 4.69) is 5.16 Å². The van der Waals surface area contributed by atoms with Gasteiger partial charge in [0, 0.05) is 6.07 Å². The van der Waals surface area contributed by atoms with Crippen LogP contribution in [0.15, 0.2) is 10.6 Å². The Kier molecular flexibility index (Phi) is 1.94. The van der Waals surface area contributed by atoms with Crippen LogP contribution in [-0.4, -0.2) is 11.1 Å². The maximum Gasteiger partial charge on any atom is 0.232 e.